The van der Waals surface area contributed by atoms with Crippen LogP contribution in [0.1, 0.15) is 23.5 Å². The largest absolute Gasteiger partial charge is 0.338 e. The van der Waals surface area contributed by atoms with Gasteiger partial charge in [-0.3, -0.25) is 4.90 Å². The van der Waals surface area contributed by atoms with E-state index in [0.717, 1.165) is 28.5 Å². The van der Waals surface area contributed by atoms with Crippen molar-refractivity contribution in [3.63, 3.8) is 0 Å². The maximum atomic E-state index is 12.7. The molecule has 1 aliphatic rings. The minimum atomic E-state index is -0.132. The van der Waals surface area contributed by atoms with Crippen molar-refractivity contribution in [3.8, 4) is 10.6 Å². The fourth-order valence-corrected chi connectivity index (χ4v) is 3.96. The third-order valence-electron chi connectivity index (χ3n) is 4.77. The number of anilines is 1. The second-order valence-electron chi connectivity index (χ2n) is 6.92. The Kier molecular flexibility index (Phi) is 5.10. The van der Waals surface area contributed by atoms with Crippen LogP contribution in [-0.4, -0.2) is 57.6 Å². The molecular weight excluding hydrogens is 376 g/mol. The molecule has 3 aromatic rings. The molecule has 0 saturated carbocycles. The first-order valence-corrected chi connectivity index (χ1v) is 9.96. The van der Waals surface area contributed by atoms with Crippen LogP contribution in [0.2, 0.25) is 0 Å². The molecule has 1 N–H and O–H groups in total. The summed E-state index contributed by atoms with van der Waals surface area (Å²) >= 11 is 1.61. The van der Waals surface area contributed by atoms with Crippen LogP contribution >= 0.6 is 11.3 Å². The van der Waals surface area contributed by atoms with Gasteiger partial charge in [-0.2, -0.15) is 4.98 Å². The lowest BCUT2D eigenvalue weighted by atomic mass is 10.2. The van der Waals surface area contributed by atoms with Gasteiger partial charge in [-0.15, -0.1) is 11.3 Å². The molecule has 8 nitrogen and oxygen atoms in total. The molecule has 2 amide bonds. The highest BCUT2D eigenvalue weighted by Gasteiger charge is 2.32. The number of benzene rings is 1. The molecular formula is C19H22N6O2S. The number of piperazine rings is 1. The number of rotatable bonds is 3. The number of carbonyl (C=O) groups is 1. The number of carbonyl (C=O) groups excluding carboxylic acids is 1. The predicted molar refractivity (Wildman–Crippen MR) is 107 cm³/mol. The number of nitrogens with zero attached hydrogens (tertiary/aromatic N) is 5. The van der Waals surface area contributed by atoms with E-state index in [9.17, 15) is 4.79 Å². The quantitative estimate of drug-likeness (QED) is 0.728. The van der Waals surface area contributed by atoms with Gasteiger partial charge in [0.05, 0.1) is 0 Å². The molecule has 2 aromatic heterocycles. The summed E-state index contributed by atoms with van der Waals surface area (Å²) in [5, 5.41) is 9.84. The topological polar surface area (TPSA) is 87.4 Å². The lowest BCUT2D eigenvalue weighted by molar-refractivity contribution is 0.0960. The summed E-state index contributed by atoms with van der Waals surface area (Å²) in [6, 6.07) is 7.52. The van der Waals surface area contributed by atoms with Gasteiger partial charge < -0.3 is 14.7 Å². The Morgan fingerprint density at radius 1 is 1.21 bits per heavy atom. The van der Waals surface area contributed by atoms with E-state index in [2.05, 4.69) is 25.3 Å². The molecule has 9 heteroatoms. The minimum Gasteiger partial charge on any atom is -0.338 e. The molecule has 1 unspecified atom stereocenters. The van der Waals surface area contributed by atoms with E-state index in [0.29, 0.717) is 24.8 Å². The highest BCUT2D eigenvalue weighted by atomic mass is 32.1. The molecule has 0 bridgehead atoms. The average molecular weight is 398 g/mol. The SMILES string of the molecule is Cc1csc(-c2ccc(NC(=O)N3CCN(C)C(c4nc(C)no4)C3)cc2)n1. The van der Waals surface area contributed by atoms with E-state index in [1.165, 1.54) is 0 Å². The highest BCUT2D eigenvalue weighted by molar-refractivity contribution is 7.13. The molecule has 1 aliphatic heterocycles. The van der Waals surface area contributed by atoms with Crippen LogP contribution in [0.25, 0.3) is 10.6 Å². The van der Waals surface area contributed by atoms with Crippen molar-refractivity contribution in [2.24, 2.45) is 0 Å². The van der Waals surface area contributed by atoms with Crippen molar-refractivity contribution < 1.29 is 9.32 Å². The van der Waals surface area contributed by atoms with E-state index in [-0.39, 0.29) is 12.1 Å². The van der Waals surface area contributed by atoms with Gasteiger partial charge in [-0.25, -0.2) is 9.78 Å². The van der Waals surface area contributed by atoms with Gasteiger partial charge in [0.15, 0.2) is 5.82 Å². The molecule has 1 saturated heterocycles. The third kappa shape index (κ3) is 3.90. The molecule has 28 heavy (non-hydrogen) atoms. The van der Waals surface area contributed by atoms with Crippen LogP contribution in [0, 0.1) is 13.8 Å². The Bertz CT molecular complexity index is 967. The zero-order chi connectivity index (χ0) is 19.7. The van der Waals surface area contributed by atoms with Gasteiger partial charge in [0.1, 0.15) is 11.0 Å². The number of nitrogens with one attached hydrogen (secondary N) is 1. The second kappa shape index (κ2) is 7.69. The summed E-state index contributed by atoms with van der Waals surface area (Å²) in [4.78, 5) is 25.4. The van der Waals surface area contributed by atoms with E-state index in [1.807, 2.05) is 43.6 Å². The van der Waals surface area contributed by atoms with Crippen molar-refractivity contribution in [1.29, 1.82) is 0 Å². The number of hydrogen-bond acceptors (Lipinski definition) is 7. The van der Waals surface area contributed by atoms with Gasteiger partial charge in [0.2, 0.25) is 5.89 Å². The summed E-state index contributed by atoms with van der Waals surface area (Å²) in [6.45, 7) is 5.65. The number of thiazole rings is 1. The van der Waals surface area contributed by atoms with Crippen molar-refractivity contribution in [1.82, 2.24) is 24.9 Å². The molecule has 4 rings (SSSR count). The average Bonchev–Trinajstić information content (AvgIpc) is 3.31. The van der Waals surface area contributed by atoms with Crippen LogP contribution in [0.5, 0.6) is 0 Å². The number of aryl methyl sites for hydroxylation is 2. The normalized spacial score (nSPS) is 17.7. The smallest absolute Gasteiger partial charge is 0.321 e. The number of aromatic nitrogens is 3. The first-order valence-electron chi connectivity index (χ1n) is 9.08. The monoisotopic (exact) mass is 398 g/mol. The molecule has 1 fully saturated rings. The van der Waals surface area contributed by atoms with Gasteiger partial charge >= 0.3 is 6.03 Å². The molecule has 1 atom stereocenters. The molecule has 3 heterocycles. The summed E-state index contributed by atoms with van der Waals surface area (Å²) < 4.78 is 5.31. The van der Waals surface area contributed by atoms with Crippen LogP contribution in [-0.2, 0) is 0 Å². The fraction of sp³-hybridized carbons (Fsp3) is 0.368. The van der Waals surface area contributed by atoms with Crippen LogP contribution in [0.3, 0.4) is 0 Å². The molecule has 0 aliphatic carbocycles. The van der Waals surface area contributed by atoms with Gasteiger partial charge in [0.25, 0.3) is 0 Å². The van der Waals surface area contributed by atoms with Crippen LogP contribution < -0.4 is 5.32 Å². The Morgan fingerprint density at radius 3 is 2.64 bits per heavy atom. The van der Waals surface area contributed by atoms with Crippen molar-refractivity contribution in [2.75, 3.05) is 32.0 Å². The summed E-state index contributed by atoms with van der Waals surface area (Å²) in [5.41, 5.74) is 2.81. The van der Waals surface area contributed by atoms with Crippen molar-refractivity contribution in [3.05, 3.63) is 47.1 Å². The van der Waals surface area contributed by atoms with Crippen LogP contribution in [0.15, 0.2) is 34.2 Å². The molecule has 0 radical (unpaired) electrons. The highest BCUT2D eigenvalue weighted by Crippen LogP contribution is 2.26. The maximum absolute atomic E-state index is 12.7. The first-order chi connectivity index (χ1) is 13.5. The summed E-state index contributed by atoms with van der Waals surface area (Å²) in [7, 11) is 2.00. The Hall–Kier alpha value is -2.78. The summed E-state index contributed by atoms with van der Waals surface area (Å²) in [5.74, 6) is 1.14. The third-order valence-corrected chi connectivity index (χ3v) is 5.77. The number of hydrogen-bond donors (Lipinski definition) is 1. The van der Waals surface area contributed by atoms with E-state index >= 15 is 0 Å². The zero-order valence-corrected chi connectivity index (χ0v) is 16.9. The lowest BCUT2D eigenvalue weighted by Gasteiger charge is -2.37. The minimum absolute atomic E-state index is 0.101. The van der Waals surface area contributed by atoms with Gasteiger partial charge in [0, 0.05) is 42.0 Å². The van der Waals surface area contributed by atoms with E-state index in [4.69, 9.17) is 4.52 Å². The zero-order valence-electron chi connectivity index (χ0n) is 16.0. The Balaban J connectivity index is 1.41. The van der Waals surface area contributed by atoms with Gasteiger partial charge in [-0.05, 0) is 45.2 Å². The van der Waals surface area contributed by atoms with Crippen LogP contribution in [0.4, 0.5) is 10.5 Å². The number of amides is 2. The van der Waals surface area contributed by atoms with E-state index in [1.54, 1.807) is 23.2 Å². The Morgan fingerprint density at radius 2 is 2.00 bits per heavy atom. The lowest BCUT2D eigenvalue weighted by Crippen LogP contribution is -2.50. The predicted octanol–water partition coefficient (Wildman–Crippen LogP) is 3.33. The molecule has 146 valence electrons. The molecule has 0 spiro atoms. The molecule has 1 aromatic carbocycles. The van der Waals surface area contributed by atoms with Gasteiger partial charge in [-0.1, -0.05) is 5.16 Å². The first kappa shape index (κ1) is 18.6. The van der Waals surface area contributed by atoms with Crippen molar-refractivity contribution >= 4 is 23.1 Å². The number of urea groups is 1. The standard InChI is InChI=1S/C19H22N6O2S/c1-12-11-28-18(20-12)14-4-6-15(7-5-14)22-19(26)25-9-8-24(3)16(10-25)17-21-13(2)23-27-17/h4-7,11,16H,8-10H2,1-3H3,(H,22,26). The Labute approximate surface area is 167 Å². The fourth-order valence-electron chi connectivity index (χ4n) is 3.16. The maximum Gasteiger partial charge on any atom is 0.321 e. The van der Waals surface area contributed by atoms with E-state index < -0.39 is 0 Å². The summed E-state index contributed by atoms with van der Waals surface area (Å²) in [6.07, 6.45) is 0. The van der Waals surface area contributed by atoms with Crippen molar-refractivity contribution in [2.45, 2.75) is 19.9 Å². The second-order valence-corrected chi connectivity index (χ2v) is 7.78. The number of likely N-dealkylation sites (N-methyl/N-ethyl adjacent to an activating group) is 1.